The van der Waals surface area contributed by atoms with Crippen molar-refractivity contribution in [3.63, 3.8) is 0 Å². The summed E-state index contributed by atoms with van der Waals surface area (Å²) in [5.41, 5.74) is 15.8. The number of hydrogen-bond donors (Lipinski definition) is 0. The fourth-order valence-corrected chi connectivity index (χ4v) is 8.92. The van der Waals surface area contributed by atoms with E-state index in [2.05, 4.69) is 176 Å². The van der Waals surface area contributed by atoms with Gasteiger partial charge in [-0.25, -0.2) is 9.97 Å². The highest BCUT2D eigenvalue weighted by Gasteiger charge is 2.46. The monoisotopic (exact) mass is 714 g/mol. The summed E-state index contributed by atoms with van der Waals surface area (Å²) in [6, 6.07) is 73.3. The quantitative estimate of drug-likeness (QED) is 0.172. The van der Waals surface area contributed by atoms with Crippen LogP contribution in [0.5, 0.6) is 0 Å². The summed E-state index contributed by atoms with van der Waals surface area (Å²) < 4.78 is 6.15. The first-order valence-electron chi connectivity index (χ1n) is 19.1. The zero-order chi connectivity index (χ0) is 37.1. The van der Waals surface area contributed by atoms with E-state index < -0.39 is 5.41 Å². The van der Waals surface area contributed by atoms with Gasteiger partial charge in [0.2, 0.25) is 0 Å². The van der Waals surface area contributed by atoms with Crippen LogP contribution in [0.2, 0.25) is 0 Å². The third kappa shape index (κ3) is 4.98. The van der Waals surface area contributed by atoms with Crippen LogP contribution in [0.1, 0.15) is 22.3 Å². The molecule has 0 radical (unpaired) electrons. The van der Waals surface area contributed by atoms with Crippen LogP contribution in [-0.2, 0) is 5.41 Å². The molecule has 0 fully saturated rings. The predicted molar refractivity (Wildman–Crippen MR) is 228 cm³/mol. The zero-order valence-corrected chi connectivity index (χ0v) is 30.4. The van der Waals surface area contributed by atoms with Crippen molar-refractivity contribution in [2.75, 3.05) is 0 Å². The minimum absolute atomic E-state index is 0.502. The Kier molecular flexibility index (Phi) is 7.39. The summed E-state index contributed by atoms with van der Waals surface area (Å²) in [7, 11) is 0. The molecule has 8 aromatic carbocycles. The lowest BCUT2D eigenvalue weighted by atomic mass is 9.67. The Balaban J connectivity index is 1.13. The molecule has 3 nitrogen and oxygen atoms in total. The number of fused-ring (bicyclic) bond motifs is 6. The van der Waals surface area contributed by atoms with Crippen LogP contribution in [0, 0.1) is 0 Å². The van der Waals surface area contributed by atoms with Crippen molar-refractivity contribution in [3.8, 4) is 56.2 Å². The number of para-hydroxylation sites is 1. The molecular weight excluding hydrogens is 681 g/mol. The molecule has 2 heterocycles. The minimum atomic E-state index is -0.502. The van der Waals surface area contributed by atoms with Gasteiger partial charge in [-0.1, -0.05) is 176 Å². The van der Waals surface area contributed by atoms with E-state index in [0.29, 0.717) is 5.82 Å². The third-order valence-electron chi connectivity index (χ3n) is 11.4. The van der Waals surface area contributed by atoms with Gasteiger partial charge in [-0.3, -0.25) is 0 Å². The van der Waals surface area contributed by atoms with E-state index in [0.717, 1.165) is 61.1 Å². The highest BCUT2D eigenvalue weighted by atomic mass is 16.3. The van der Waals surface area contributed by atoms with E-state index in [4.69, 9.17) is 14.4 Å². The summed E-state index contributed by atoms with van der Waals surface area (Å²) in [6.45, 7) is 0. The van der Waals surface area contributed by atoms with Gasteiger partial charge in [-0.05, 0) is 74.8 Å². The van der Waals surface area contributed by atoms with Crippen molar-refractivity contribution in [2.45, 2.75) is 5.41 Å². The SMILES string of the molecule is c1ccc(-c2nc(-c3cccc(-c4ccc5oc6ccccc6c5c4)c3)cc(-c3cccc4c3-c3ccccc3C4(c3ccccc3)c3ccccc3)n2)cc1. The van der Waals surface area contributed by atoms with Gasteiger partial charge in [-0.15, -0.1) is 0 Å². The van der Waals surface area contributed by atoms with E-state index >= 15 is 0 Å². The second kappa shape index (κ2) is 12.9. The Bertz CT molecular complexity index is 3040. The molecule has 10 aromatic rings. The molecule has 0 amide bonds. The van der Waals surface area contributed by atoms with Crippen LogP contribution in [0.15, 0.2) is 211 Å². The first-order valence-corrected chi connectivity index (χ1v) is 19.1. The normalized spacial score (nSPS) is 12.8. The van der Waals surface area contributed by atoms with Gasteiger partial charge >= 0.3 is 0 Å². The highest BCUT2D eigenvalue weighted by molar-refractivity contribution is 6.06. The average molecular weight is 715 g/mol. The molecule has 0 N–H and O–H groups in total. The second-order valence-corrected chi connectivity index (χ2v) is 14.5. The van der Waals surface area contributed by atoms with Crippen LogP contribution in [0.4, 0.5) is 0 Å². The minimum Gasteiger partial charge on any atom is -0.456 e. The summed E-state index contributed by atoms with van der Waals surface area (Å²) in [6.07, 6.45) is 0. The van der Waals surface area contributed by atoms with Crippen LogP contribution in [0.3, 0.4) is 0 Å². The van der Waals surface area contributed by atoms with Crippen molar-refractivity contribution in [2.24, 2.45) is 0 Å². The van der Waals surface area contributed by atoms with Crippen LogP contribution in [0.25, 0.3) is 78.1 Å². The zero-order valence-electron chi connectivity index (χ0n) is 30.4. The molecule has 0 aliphatic heterocycles. The Labute approximate surface area is 325 Å². The molecule has 0 bridgehead atoms. The maximum atomic E-state index is 6.15. The maximum absolute atomic E-state index is 6.15. The largest absolute Gasteiger partial charge is 0.456 e. The number of aromatic nitrogens is 2. The molecule has 11 rings (SSSR count). The fourth-order valence-electron chi connectivity index (χ4n) is 8.92. The van der Waals surface area contributed by atoms with Gasteiger partial charge in [-0.2, -0.15) is 0 Å². The van der Waals surface area contributed by atoms with Gasteiger partial charge in [0.15, 0.2) is 5.82 Å². The smallest absolute Gasteiger partial charge is 0.160 e. The lowest BCUT2D eigenvalue weighted by Gasteiger charge is -2.33. The van der Waals surface area contributed by atoms with E-state index in [9.17, 15) is 0 Å². The van der Waals surface area contributed by atoms with Crippen molar-refractivity contribution in [3.05, 3.63) is 229 Å². The fraction of sp³-hybridized carbons (Fsp3) is 0.0189. The second-order valence-electron chi connectivity index (χ2n) is 14.5. The molecular formula is C53H34N2O. The number of nitrogens with zero attached hydrogens (tertiary/aromatic N) is 2. The molecule has 262 valence electrons. The summed E-state index contributed by atoms with van der Waals surface area (Å²) >= 11 is 0. The average Bonchev–Trinajstić information content (AvgIpc) is 3.81. The molecule has 0 spiro atoms. The Morgan fingerprint density at radius 3 is 1.73 bits per heavy atom. The first kappa shape index (κ1) is 32.1. The van der Waals surface area contributed by atoms with Gasteiger partial charge in [0, 0.05) is 27.5 Å². The van der Waals surface area contributed by atoms with E-state index in [1.54, 1.807) is 0 Å². The number of furan rings is 1. The van der Waals surface area contributed by atoms with Gasteiger partial charge < -0.3 is 4.42 Å². The van der Waals surface area contributed by atoms with Crippen molar-refractivity contribution < 1.29 is 4.42 Å². The molecule has 0 atom stereocenters. The topological polar surface area (TPSA) is 38.9 Å². The Morgan fingerprint density at radius 1 is 0.357 bits per heavy atom. The van der Waals surface area contributed by atoms with E-state index in [-0.39, 0.29) is 0 Å². The summed E-state index contributed by atoms with van der Waals surface area (Å²) in [5, 5.41) is 2.23. The van der Waals surface area contributed by atoms with Crippen LogP contribution >= 0.6 is 0 Å². The molecule has 1 aliphatic carbocycles. The van der Waals surface area contributed by atoms with Crippen molar-refractivity contribution in [1.82, 2.24) is 9.97 Å². The Hall–Kier alpha value is -7.36. The Morgan fingerprint density at radius 2 is 0.929 bits per heavy atom. The number of benzene rings is 8. The molecule has 1 aliphatic rings. The summed E-state index contributed by atoms with van der Waals surface area (Å²) in [4.78, 5) is 10.6. The number of hydrogen-bond acceptors (Lipinski definition) is 3. The van der Waals surface area contributed by atoms with Gasteiger partial charge in [0.1, 0.15) is 11.2 Å². The van der Waals surface area contributed by atoms with Crippen molar-refractivity contribution in [1.29, 1.82) is 0 Å². The van der Waals surface area contributed by atoms with Crippen LogP contribution < -0.4 is 0 Å². The van der Waals surface area contributed by atoms with E-state index in [1.807, 2.05) is 30.3 Å². The maximum Gasteiger partial charge on any atom is 0.160 e. The molecule has 2 aromatic heterocycles. The van der Waals surface area contributed by atoms with Crippen molar-refractivity contribution >= 4 is 21.9 Å². The molecule has 0 saturated heterocycles. The lowest BCUT2D eigenvalue weighted by molar-refractivity contribution is 0.669. The standard InChI is InChI=1S/C53H34N2O/c1-4-16-35(17-5-1)52-54-47(38-19-14-18-36(32-38)37-30-31-50-44(33-37)41-24-11-13-29-49(41)56-50)34-48(55-52)43-26-15-28-46-51(43)42-25-10-12-27-45(42)53(46,39-20-6-2-7-21-39)40-22-8-3-9-23-40/h1-34H. The number of rotatable bonds is 6. The van der Waals surface area contributed by atoms with Crippen LogP contribution in [-0.4, -0.2) is 9.97 Å². The molecule has 56 heavy (non-hydrogen) atoms. The molecule has 3 heteroatoms. The predicted octanol–water partition coefficient (Wildman–Crippen LogP) is 13.4. The highest BCUT2D eigenvalue weighted by Crippen LogP contribution is 2.58. The third-order valence-corrected chi connectivity index (χ3v) is 11.4. The lowest BCUT2D eigenvalue weighted by Crippen LogP contribution is -2.28. The van der Waals surface area contributed by atoms with Gasteiger partial charge in [0.25, 0.3) is 0 Å². The van der Waals surface area contributed by atoms with E-state index in [1.165, 1.54) is 33.4 Å². The molecule has 0 unspecified atom stereocenters. The first-order chi connectivity index (χ1) is 27.8. The van der Waals surface area contributed by atoms with Gasteiger partial charge in [0.05, 0.1) is 16.8 Å². The summed E-state index contributed by atoms with van der Waals surface area (Å²) in [5.74, 6) is 0.691. The molecule has 0 saturated carbocycles.